The maximum absolute atomic E-state index is 12.0. The van der Waals surface area contributed by atoms with E-state index in [0.29, 0.717) is 22.5 Å². The first kappa shape index (κ1) is 18.4. The van der Waals surface area contributed by atoms with Crippen molar-refractivity contribution in [1.82, 2.24) is 10.2 Å². The van der Waals surface area contributed by atoms with Crippen LogP contribution in [0.5, 0.6) is 0 Å². The van der Waals surface area contributed by atoms with E-state index in [2.05, 4.69) is 5.32 Å². The number of rotatable bonds is 4. The Morgan fingerprint density at radius 1 is 1.39 bits per heavy atom. The molecule has 6 heteroatoms. The topological polar surface area (TPSA) is 41.6 Å². The Morgan fingerprint density at radius 2 is 2.13 bits per heavy atom. The van der Waals surface area contributed by atoms with Gasteiger partial charge >= 0.3 is 6.09 Å². The van der Waals surface area contributed by atoms with Crippen LogP contribution in [0.4, 0.5) is 4.79 Å². The van der Waals surface area contributed by atoms with Gasteiger partial charge in [-0.25, -0.2) is 4.79 Å². The molecule has 0 bridgehead atoms. The number of hydrogen-bond donors (Lipinski definition) is 1. The van der Waals surface area contributed by atoms with Gasteiger partial charge in [0.1, 0.15) is 5.60 Å². The fraction of sp³-hybridized carbons (Fsp3) is 0.588. The van der Waals surface area contributed by atoms with E-state index in [4.69, 9.17) is 27.9 Å². The van der Waals surface area contributed by atoms with Crippen molar-refractivity contribution in [2.24, 2.45) is 5.92 Å². The molecule has 1 saturated heterocycles. The molecule has 1 heterocycles. The highest BCUT2D eigenvalue weighted by Gasteiger charge is 2.29. The van der Waals surface area contributed by atoms with Crippen molar-refractivity contribution >= 4 is 29.3 Å². The zero-order valence-corrected chi connectivity index (χ0v) is 15.4. The van der Waals surface area contributed by atoms with Crippen LogP contribution in [0.1, 0.15) is 32.8 Å². The van der Waals surface area contributed by atoms with Gasteiger partial charge in [-0.15, -0.1) is 0 Å². The fourth-order valence-corrected chi connectivity index (χ4v) is 2.97. The smallest absolute Gasteiger partial charge is 0.410 e. The third kappa shape index (κ3) is 5.55. The molecule has 1 N–H and O–H groups in total. The first-order valence-corrected chi connectivity index (χ1v) is 8.63. The van der Waals surface area contributed by atoms with Crippen LogP contribution >= 0.6 is 23.2 Å². The van der Waals surface area contributed by atoms with E-state index < -0.39 is 5.60 Å². The number of benzene rings is 1. The number of nitrogens with one attached hydrogen (secondary N) is 1. The van der Waals surface area contributed by atoms with Gasteiger partial charge in [-0.3, -0.25) is 0 Å². The summed E-state index contributed by atoms with van der Waals surface area (Å²) in [6, 6.07) is 5.64. The predicted molar refractivity (Wildman–Crippen MR) is 94.1 cm³/mol. The minimum atomic E-state index is -0.448. The summed E-state index contributed by atoms with van der Waals surface area (Å²) < 4.78 is 5.41. The summed E-state index contributed by atoms with van der Waals surface area (Å²) in [5.41, 5.74) is 0.540. The first-order valence-electron chi connectivity index (χ1n) is 7.88. The lowest BCUT2D eigenvalue weighted by Gasteiger charge is -2.24. The van der Waals surface area contributed by atoms with Gasteiger partial charge in [0.15, 0.2) is 0 Å². The van der Waals surface area contributed by atoms with Crippen molar-refractivity contribution in [1.29, 1.82) is 0 Å². The number of hydrogen-bond acceptors (Lipinski definition) is 3. The van der Waals surface area contributed by atoms with E-state index in [9.17, 15) is 4.79 Å². The van der Waals surface area contributed by atoms with Crippen molar-refractivity contribution in [2.45, 2.75) is 39.3 Å². The molecule has 1 aromatic rings. The number of carbonyl (C=O) groups is 1. The summed E-state index contributed by atoms with van der Waals surface area (Å²) in [5.74, 6) is 0.431. The minimum Gasteiger partial charge on any atom is -0.444 e. The lowest BCUT2D eigenvalue weighted by Crippen LogP contribution is -2.36. The summed E-state index contributed by atoms with van der Waals surface area (Å²) in [5, 5.41) is 4.57. The van der Waals surface area contributed by atoms with Gasteiger partial charge in [0.05, 0.1) is 10.0 Å². The van der Waals surface area contributed by atoms with Gasteiger partial charge in [-0.2, -0.15) is 0 Å². The summed E-state index contributed by atoms with van der Waals surface area (Å²) in [7, 11) is 0. The normalized spacial score (nSPS) is 18.3. The lowest BCUT2D eigenvalue weighted by molar-refractivity contribution is 0.0288. The second-order valence-electron chi connectivity index (χ2n) is 6.92. The average molecular weight is 359 g/mol. The number of halogens is 2. The Hall–Kier alpha value is -0.970. The van der Waals surface area contributed by atoms with Crippen LogP contribution in [0, 0.1) is 5.92 Å². The summed E-state index contributed by atoms with van der Waals surface area (Å²) in [6.45, 7) is 8.63. The monoisotopic (exact) mass is 358 g/mol. The molecule has 1 amide bonds. The first-order chi connectivity index (χ1) is 10.8. The van der Waals surface area contributed by atoms with E-state index in [1.165, 1.54) is 0 Å². The second-order valence-corrected chi connectivity index (χ2v) is 7.71. The molecule has 128 valence electrons. The number of nitrogens with zero attached hydrogens (tertiary/aromatic N) is 1. The largest absolute Gasteiger partial charge is 0.444 e. The Kier molecular flexibility index (Phi) is 6.18. The SMILES string of the molecule is CC(C)(C)OC(=O)N1CCC(CNCc2cccc(Cl)c2Cl)C1. The number of carbonyl (C=O) groups excluding carboxylic acids is 1. The zero-order valence-electron chi connectivity index (χ0n) is 13.9. The highest BCUT2D eigenvalue weighted by molar-refractivity contribution is 6.42. The van der Waals surface area contributed by atoms with Crippen LogP contribution in [0.25, 0.3) is 0 Å². The van der Waals surface area contributed by atoms with Gasteiger partial charge in [-0.05, 0) is 44.7 Å². The van der Waals surface area contributed by atoms with Gasteiger partial charge in [0, 0.05) is 26.2 Å². The Bertz CT molecular complexity index is 558. The van der Waals surface area contributed by atoms with E-state index in [-0.39, 0.29) is 6.09 Å². The Labute approximate surface area is 148 Å². The molecule has 1 fully saturated rings. The maximum Gasteiger partial charge on any atom is 0.410 e. The molecule has 1 atom stereocenters. The molecule has 2 rings (SSSR count). The molecule has 0 aliphatic carbocycles. The van der Waals surface area contributed by atoms with E-state index in [1.807, 2.05) is 32.9 Å². The average Bonchev–Trinajstić information content (AvgIpc) is 2.91. The molecule has 1 unspecified atom stereocenters. The van der Waals surface area contributed by atoms with Crippen LogP contribution in [-0.4, -0.2) is 36.2 Å². The molecule has 0 saturated carbocycles. The van der Waals surface area contributed by atoms with Crippen molar-refractivity contribution in [3.8, 4) is 0 Å². The molecule has 0 spiro atoms. The second kappa shape index (κ2) is 7.73. The van der Waals surface area contributed by atoms with Crippen LogP contribution < -0.4 is 5.32 Å². The Balaban J connectivity index is 1.76. The third-order valence-electron chi connectivity index (χ3n) is 3.72. The minimum absolute atomic E-state index is 0.224. The van der Waals surface area contributed by atoms with E-state index in [1.54, 1.807) is 11.0 Å². The molecular weight excluding hydrogens is 335 g/mol. The fourth-order valence-electron chi connectivity index (χ4n) is 2.59. The molecule has 0 radical (unpaired) electrons. The van der Waals surface area contributed by atoms with Crippen molar-refractivity contribution in [3.05, 3.63) is 33.8 Å². The van der Waals surface area contributed by atoms with Gasteiger partial charge < -0.3 is 15.0 Å². The number of ether oxygens (including phenoxy) is 1. The highest BCUT2D eigenvalue weighted by atomic mass is 35.5. The van der Waals surface area contributed by atoms with E-state index >= 15 is 0 Å². The van der Waals surface area contributed by atoms with Crippen LogP contribution in [0.2, 0.25) is 10.0 Å². The highest BCUT2D eigenvalue weighted by Crippen LogP contribution is 2.25. The molecule has 1 aliphatic rings. The van der Waals surface area contributed by atoms with Crippen molar-refractivity contribution in [2.75, 3.05) is 19.6 Å². The van der Waals surface area contributed by atoms with Gasteiger partial charge in [0.2, 0.25) is 0 Å². The molecule has 23 heavy (non-hydrogen) atoms. The molecular formula is C17H24Cl2N2O2. The van der Waals surface area contributed by atoms with Crippen LogP contribution in [0.15, 0.2) is 18.2 Å². The predicted octanol–water partition coefficient (Wildman–Crippen LogP) is 4.34. The summed E-state index contributed by atoms with van der Waals surface area (Å²) in [4.78, 5) is 13.8. The van der Waals surface area contributed by atoms with Gasteiger partial charge in [0.25, 0.3) is 0 Å². The molecule has 1 aliphatic heterocycles. The summed E-state index contributed by atoms with van der Waals surface area (Å²) in [6.07, 6.45) is 0.757. The maximum atomic E-state index is 12.0. The quantitative estimate of drug-likeness (QED) is 0.870. The lowest BCUT2D eigenvalue weighted by atomic mass is 10.1. The van der Waals surface area contributed by atoms with E-state index in [0.717, 1.165) is 31.6 Å². The zero-order chi connectivity index (χ0) is 17.0. The van der Waals surface area contributed by atoms with Crippen LogP contribution in [-0.2, 0) is 11.3 Å². The number of likely N-dealkylation sites (tertiary alicyclic amines) is 1. The number of amides is 1. The Morgan fingerprint density at radius 3 is 2.83 bits per heavy atom. The molecule has 1 aromatic carbocycles. The van der Waals surface area contributed by atoms with Crippen molar-refractivity contribution < 1.29 is 9.53 Å². The van der Waals surface area contributed by atoms with Crippen molar-refractivity contribution in [3.63, 3.8) is 0 Å². The van der Waals surface area contributed by atoms with Crippen LogP contribution in [0.3, 0.4) is 0 Å². The molecule has 0 aromatic heterocycles. The van der Waals surface area contributed by atoms with Gasteiger partial charge in [-0.1, -0.05) is 35.3 Å². The third-order valence-corrected chi connectivity index (χ3v) is 4.58. The molecule has 4 nitrogen and oxygen atoms in total. The standard InChI is InChI=1S/C17H24Cl2N2O2/c1-17(2,3)23-16(22)21-8-7-12(11-21)9-20-10-13-5-4-6-14(18)15(13)19/h4-6,12,20H,7-11H2,1-3H3. The summed E-state index contributed by atoms with van der Waals surface area (Å²) >= 11 is 12.2.